The fraction of sp³-hybridized carbons (Fsp3) is 0.423. The van der Waals surface area contributed by atoms with E-state index >= 15 is 0 Å². The molecule has 2 aliphatic rings. The zero-order chi connectivity index (χ0) is 23.2. The first kappa shape index (κ1) is 22.8. The fourth-order valence-electron chi connectivity index (χ4n) is 4.18. The predicted octanol–water partition coefficient (Wildman–Crippen LogP) is 4.46. The van der Waals surface area contributed by atoms with Gasteiger partial charge in [-0.25, -0.2) is 0 Å². The minimum atomic E-state index is -0.216. The quantitative estimate of drug-likeness (QED) is 0.479. The number of rotatable bonds is 8. The highest BCUT2D eigenvalue weighted by Crippen LogP contribution is 2.31. The van der Waals surface area contributed by atoms with E-state index in [0.29, 0.717) is 11.3 Å². The van der Waals surface area contributed by atoms with Gasteiger partial charge in [-0.15, -0.1) is 0 Å². The summed E-state index contributed by atoms with van der Waals surface area (Å²) in [5.74, 6) is -0.129. The largest absolute Gasteiger partial charge is 0.376 e. The van der Waals surface area contributed by atoms with Crippen molar-refractivity contribution in [2.24, 2.45) is 5.92 Å². The van der Waals surface area contributed by atoms with Gasteiger partial charge in [0.25, 0.3) is 5.91 Å². The first-order chi connectivity index (χ1) is 16.0. The van der Waals surface area contributed by atoms with Gasteiger partial charge in [0, 0.05) is 34.6 Å². The second-order valence-corrected chi connectivity index (χ2v) is 9.03. The number of benzene rings is 2. The molecule has 2 fully saturated rings. The molecule has 33 heavy (non-hydrogen) atoms. The van der Waals surface area contributed by atoms with Crippen molar-refractivity contribution in [2.75, 3.05) is 22.5 Å². The third-order valence-electron chi connectivity index (χ3n) is 6.33. The minimum Gasteiger partial charge on any atom is -0.376 e. The molecule has 174 valence electrons. The van der Waals surface area contributed by atoms with Crippen LogP contribution in [0.15, 0.2) is 42.5 Å². The van der Waals surface area contributed by atoms with Gasteiger partial charge < -0.3 is 21.3 Å². The summed E-state index contributed by atoms with van der Waals surface area (Å²) < 4.78 is 0. The Morgan fingerprint density at radius 1 is 0.879 bits per heavy atom. The molecule has 0 radical (unpaired) electrons. The average molecular weight is 449 g/mol. The van der Waals surface area contributed by atoms with Crippen molar-refractivity contribution in [3.63, 3.8) is 0 Å². The lowest BCUT2D eigenvalue weighted by Gasteiger charge is -2.22. The lowest BCUT2D eigenvalue weighted by atomic mass is 9.95. The van der Waals surface area contributed by atoms with Crippen LogP contribution in [0.4, 0.5) is 17.1 Å². The van der Waals surface area contributed by atoms with E-state index in [-0.39, 0.29) is 36.2 Å². The number of carbonyl (C=O) groups is 3. The van der Waals surface area contributed by atoms with Gasteiger partial charge in [-0.05, 0) is 68.5 Å². The van der Waals surface area contributed by atoms with Gasteiger partial charge in [0.1, 0.15) is 0 Å². The summed E-state index contributed by atoms with van der Waals surface area (Å²) >= 11 is 0. The Hall–Kier alpha value is -3.35. The Bertz CT molecular complexity index is 1030. The van der Waals surface area contributed by atoms with Crippen LogP contribution < -0.4 is 21.3 Å². The van der Waals surface area contributed by atoms with Gasteiger partial charge >= 0.3 is 0 Å². The van der Waals surface area contributed by atoms with Crippen LogP contribution in [0, 0.1) is 12.8 Å². The van der Waals surface area contributed by atoms with E-state index in [1.54, 1.807) is 24.3 Å². The summed E-state index contributed by atoms with van der Waals surface area (Å²) in [7, 11) is 0. The lowest BCUT2D eigenvalue weighted by molar-refractivity contribution is -0.117. The monoisotopic (exact) mass is 448 g/mol. The maximum Gasteiger partial charge on any atom is 0.251 e. The zero-order valence-corrected chi connectivity index (χ0v) is 19.1. The van der Waals surface area contributed by atoms with Crippen molar-refractivity contribution in [3.05, 3.63) is 53.6 Å². The van der Waals surface area contributed by atoms with Gasteiger partial charge in [-0.1, -0.05) is 31.4 Å². The number of amides is 3. The van der Waals surface area contributed by atoms with Crippen LogP contribution in [0.3, 0.4) is 0 Å². The molecule has 2 aromatic carbocycles. The van der Waals surface area contributed by atoms with Crippen LogP contribution in [-0.4, -0.2) is 30.3 Å². The number of anilines is 3. The minimum absolute atomic E-state index is 0.0559. The van der Waals surface area contributed by atoms with E-state index in [1.807, 2.05) is 25.1 Å². The molecule has 2 saturated carbocycles. The van der Waals surface area contributed by atoms with Crippen LogP contribution in [0.1, 0.15) is 60.9 Å². The molecule has 2 aromatic rings. The number of carbonyl (C=O) groups excluding carboxylic acids is 3. The summed E-state index contributed by atoms with van der Waals surface area (Å²) in [6.07, 6.45) is 7.50. The zero-order valence-electron chi connectivity index (χ0n) is 19.1. The first-order valence-corrected chi connectivity index (χ1v) is 11.8. The van der Waals surface area contributed by atoms with Crippen LogP contribution in [0.5, 0.6) is 0 Å². The molecule has 0 heterocycles. The summed E-state index contributed by atoms with van der Waals surface area (Å²) in [5.41, 5.74) is 3.57. The molecule has 0 aliphatic heterocycles. The van der Waals surface area contributed by atoms with Crippen LogP contribution in [0.25, 0.3) is 0 Å². The fourth-order valence-corrected chi connectivity index (χ4v) is 4.18. The molecule has 0 spiro atoms. The molecule has 4 rings (SSSR count). The predicted molar refractivity (Wildman–Crippen MR) is 130 cm³/mol. The smallest absolute Gasteiger partial charge is 0.251 e. The molecule has 0 atom stereocenters. The van der Waals surface area contributed by atoms with Crippen molar-refractivity contribution in [1.82, 2.24) is 5.32 Å². The highest BCUT2D eigenvalue weighted by Gasteiger charge is 2.29. The topological polar surface area (TPSA) is 99.3 Å². The number of hydrogen-bond donors (Lipinski definition) is 4. The average Bonchev–Trinajstić information content (AvgIpc) is 3.66. The van der Waals surface area contributed by atoms with E-state index in [4.69, 9.17) is 0 Å². The van der Waals surface area contributed by atoms with E-state index in [1.165, 1.54) is 6.42 Å². The second-order valence-electron chi connectivity index (χ2n) is 9.03. The molecule has 0 aromatic heterocycles. The highest BCUT2D eigenvalue weighted by molar-refractivity contribution is 5.98. The van der Waals surface area contributed by atoms with E-state index in [2.05, 4.69) is 21.3 Å². The van der Waals surface area contributed by atoms with Gasteiger partial charge in [0.15, 0.2) is 0 Å². The third-order valence-corrected chi connectivity index (χ3v) is 6.33. The van der Waals surface area contributed by atoms with Gasteiger partial charge in [0.2, 0.25) is 11.8 Å². The van der Waals surface area contributed by atoms with Crippen molar-refractivity contribution >= 4 is 34.8 Å². The van der Waals surface area contributed by atoms with E-state index in [0.717, 1.165) is 55.5 Å². The molecule has 2 aliphatic carbocycles. The van der Waals surface area contributed by atoms with Crippen LogP contribution in [-0.2, 0) is 9.59 Å². The van der Waals surface area contributed by atoms with Crippen LogP contribution >= 0.6 is 0 Å². The Kier molecular flexibility index (Phi) is 7.27. The standard InChI is InChI=1S/C26H32N4O3/c1-17-22(11-6-12-23(17)30-25(32)18-13-14-18)27-16-24(31)28-21-10-5-7-19(15-21)26(33)29-20-8-3-2-4-9-20/h5-7,10-12,15,18,20,27H,2-4,8-9,13-14,16H2,1H3,(H,28,31)(H,29,33)(H,30,32). The lowest BCUT2D eigenvalue weighted by Crippen LogP contribution is -2.36. The molecule has 7 heteroatoms. The third kappa shape index (κ3) is 6.34. The van der Waals surface area contributed by atoms with Gasteiger partial charge in [0.05, 0.1) is 6.54 Å². The maximum absolute atomic E-state index is 12.6. The van der Waals surface area contributed by atoms with E-state index < -0.39 is 0 Å². The molecule has 0 bridgehead atoms. The Balaban J connectivity index is 1.30. The summed E-state index contributed by atoms with van der Waals surface area (Å²) in [4.78, 5) is 37.2. The molecule has 0 unspecified atom stereocenters. The molecule has 0 saturated heterocycles. The van der Waals surface area contributed by atoms with Crippen molar-refractivity contribution in [1.29, 1.82) is 0 Å². The Labute approximate surface area is 194 Å². The number of hydrogen-bond acceptors (Lipinski definition) is 4. The summed E-state index contributed by atoms with van der Waals surface area (Å²) in [6, 6.07) is 12.8. The SMILES string of the molecule is Cc1c(NCC(=O)Nc2cccc(C(=O)NC3CCCCC3)c2)cccc1NC(=O)C1CC1. The Morgan fingerprint density at radius 2 is 1.61 bits per heavy atom. The normalized spacial score (nSPS) is 16.0. The van der Waals surface area contributed by atoms with Crippen molar-refractivity contribution < 1.29 is 14.4 Å². The first-order valence-electron chi connectivity index (χ1n) is 11.8. The highest BCUT2D eigenvalue weighted by atomic mass is 16.2. The second kappa shape index (κ2) is 10.5. The summed E-state index contributed by atoms with van der Waals surface area (Å²) in [6.45, 7) is 1.98. The van der Waals surface area contributed by atoms with E-state index in [9.17, 15) is 14.4 Å². The van der Waals surface area contributed by atoms with Crippen molar-refractivity contribution in [2.45, 2.75) is 57.9 Å². The molecular weight excluding hydrogens is 416 g/mol. The molecule has 3 amide bonds. The molecule has 7 nitrogen and oxygen atoms in total. The maximum atomic E-state index is 12.6. The summed E-state index contributed by atoms with van der Waals surface area (Å²) in [5, 5.41) is 12.1. The van der Waals surface area contributed by atoms with Crippen molar-refractivity contribution in [3.8, 4) is 0 Å². The van der Waals surface area contributed by atoms with Gasteiger partial charge in [-0.3, -0.25) is 14.4 Å². The molecule has 4 N–H and O–H groups in total. The van der Waals surface area contributed by atoms with Gasteiger partial charge in [-0.2, -0.15) is 0 Å². The molecular formula is C26H32N4O3. The number of nitrogens with one attached hydrogen (secondary N) is 4. The van der Waals surface area contributed by atoms with Crippen LogP contribution in [0.2, 0.25) is 0 Å². The Morgan fingerprint density at radius 3 is 2.36 bits per heavy atom.